The van der Waals surface area contributed by atoms with Crippen LogP contribution in [0.2, 0.25) is 0 Å². The average molecular weight is 351 g/mol. The van der Waals surface area contributed by atoms with Crippen LogP contribution in [0.1, 0.15) is 25.0 Å². The number of pyridine rings is 1. The minimum atomic E-state index is 0.626. The topological polar surface area (TPSA) is 71.8 Å². The van der Waals surface area contributed by atoms with E-state index < -0.39 is 0 Å². The molecule has 136 valence electrons. The summed E-state index contributed by atoms with van der Waals surface area (Å²) in [6.45, 7) is 4.09. The molecule has 0 radical (unpaired) electrons. The van der Waals surface area contributed by atoms with E-state index in [2.05, 4.69) is 27.3 Å². The molecule has 26 heavy (non-hydrogen) atoms. The molecule has 0 saturated carbocycles. The van der Waals surface area contributed by atoms with E-state index in [4.69, 9.17) is 9.97 Å². The lowest BCUT2D eigenvalue weighted by Gasteiger charge is -2.19. The van der Waals surface area contributed by atoms with Gasteiger partial charge in [0.1, 0.15) is 11.5 Å². The molecule has 1 aliphatic rings. The van der Waals surface area contributed by atoms with Crippen LogP contribution in [0.4, 0.5) is 5.82 Å². The maximum Gasteiger partial charge on any atom is 0.182 e. The van der Waals surface area contributed by atoms with Crippen LogP contribution in [0.5, 0.6) is 0 Å². The SMILES string of the molecule is Cc1nn(C)c2nc(-c3ccccn3)nc(NCC[C@H]3CCCN3C)c12. The van der Waals surface area contributed by atoms with E-state index in [9.17, 15) is 0 Å². The van der Waals surface area contributed by atoms with Gasteiger partial charge < -0.3 is 10.2 Å². The van der Waals surface area contributed by atoms with Gasteiger partial charge in [-0.15, -0.1) is 0 Å². The molecule has 1 fully saturated rings. The van der Waals surface area contributed by atoms with Crippen molar-refractivity contribution >= 4 is 16.9 Å². The number of hydrogen-bond acceptors (Lipinski definition) is 6. The lowest BCUT2D eigenvalue weighted by atomic mass is 10.1. The highest BCUT2D eigenvalue weighted by atomic mass is 15.3. The number of rotatable bonds is 5. The van der Waals surface area contributed by atoms with Gasteiger partial charge in [-0.3, -0.25) is 9.67 Å². The summed E-state index contributed by atoms with van der Waals surface area (Å²) < 4.78 is 1.81. The highest BCUT2D eigenvalue weighted by Crippen LogP contribution is 2.27. The first kappa shape index (κ1) is 16.9. The fourth-order valence-corrected chi connectivity index (χ4v) is 3.78. The van der Waals surface area contributed by atoms with Gasteiger partial charge in [0.15, 0.2) is 11.5 Å². The van der Waals surface area contributed by atoms with Crippen LogP contribution in [0.25, 0.3) is 22.6 Å². The quantitative estimate of drug-likeness (QED) is 0.762. The van der Waals surface area contributed by atoms with Gasteiger partial charge in [0.2, 0.25) is 0 Å². The first-order valence-corrected chi connectivity index (χ1v) is 9.20. The summed E-state index contributed by atoms with van der Waals surface area (Å²) in [5.74, 6) is 1.48. The van der Waals surface area contributed by atoms with Crippen LogP contribution in [-0.4, -0.2) is 55.8 Å². The van der Waals surface area contributed by atoms with Crippen LogP contribution in [0.15, 0.2) is 24.4 Å². The van der Waals surface area contributed by atoms with Crippen molar-refractivity contribution in [3.05, 3.63) is 30.1 Å². The molecule has 3 aromatic rings. The number of anilines is 1. The number of aryl methyl sites for hydroxylation is 2. The third-order valence-corrected chi connectivity index (χ3v) is 5.19. The minimum absolute atomic E-state index is 0.626. The molecule has 0 unspecified atom stereocenters. The van der Waals surface area contributed by atoms with E-state index in [0.29, 0.717) is 11.9 Å². The van der Waals surface area contributed by atoms with Crippen molar-refractivity contribution in [1.29, 1.82) is 0 Å². The molecule has 1 aliphatic heterocycles. The molecule has 0 amide bonds. The average Bonchev–Trinajstić information content (AvgIpc) is 3.19. The van der Waals surface area contributed by atoms with E-state index in [-0.39, 0.29) is 0 Å². The Hall–Kier alpha value is -2.54. The van der Waals surface area contributed by atoms with E-state index in [1.165, 1.54) is 19.4 Å². The van der Waals surface area contributed by atoms with Gasteiger partial charge in [-0.05, 0) is 51.9 Å². The Balaban J connectivity index is 1.65. The zero-order chi connectivity index (χ0) is 18.1. The summed E-state index contributed by atoms with van der Waals surface area (Å²) in [5, 5.41) is 9.06. The van der Waals surface area contributed by atoms with Crippen molar-refractivity contribution in [2.75, 3.05) is 25.5 Å². The number of likely N-dealkylation sites (tertiary alicyclic amines) is 1. The molecule has 4 heterocycles. The third-order valence-electron chi connectivity index (χ3n) is 5.19. The molecule has 7 nitrogen and oxygen atoms in total. The van der Waals surface area contributed by atoms with E-state index in [1.807, 2.05) is 36.9 Å². The molecular formula is C19H25N7. The van der Waals surface area contributed by atoms with Crippen LogP contribution < -0.4 is 5.32 Å². The van der Waals surface area contributed by atoms with Crippen molar-refractivity contribution in [3.63, 3.8) is 0 Å². The summed E-state index contributed by atoms with van der Waals surface area (Å²) in [6, 6.07) is 6.44. The van der Waals surface area contributed by atoms with Crippen molar-refractivity contribution in [2.45, 2.75) is 32.2 Å². The molecule has 1 saturated heterocycles. The van der Waals surface area contributed by atoms with Crippen LogP contribution >= 0.6 is 0 Å². The molecular weight excluding hydrogens is 326 g/mol. The van der Waals surface area contributed by atoms with E-state index in [1.54, 1.807) is 6.20 Å². The Labute approximate surface area is 153 Å². The largest absolute Gasteiger partial charge is 0.369 e. The lowest BCUT2D eigenvalue weighted by molar-refractivity contribution is 0.301. The Morgan fingerprint density at radius 1 is 1.23 bits per heavy atom. The predicted molar refractivity (Wildman–Crippen MR) is 103 cm³/mol. The summed E-state index contributed by atoms with van der Waals surface area (Å²) in [6.07, 6.45) is 5.45. The zero-order valence-corrected chi connectivity index (χ0v) is 15.6. The smallest absolute Gasteiger partial charge is 0.182 e. The van der Waals surface area contributed by atoms with Crippen LogP contribution in [-0.2, 0) is 7.05 Å². The molecule has 7 heteroatoms. The van der Waals surface area contributed by atoms with Crippen molar-refractivity contribution in [2.24, 2.45) is 7.05 Å². The molecule has 3 aromatic heterocycles. The maximum absolute atomic E-state index is 4.78. The van der Waals surface area contributed by atoms with Gasteiger partial charge in [-0.2, -0.15) is 5.10 Å². The summed E-state index contributed by atoms with van der Waals surface area (Å²) in [4.78, 5) is 16.3. The van der Waals surface area contributed by atoms with E-state index >= 15 is 0 Å². The van der Waals surface area contributed by atoms with Crippen LogP contribution in [0, 0.1) is 6.92 Å². The number of aromatic nitrogens is 5. The number of nitrogens with zero attached hydrogens (tertiary/aromatic N) is 6. The first-order valence-electron chi connectivity index (χ1n) is 9.20. The van der Waals surface area contributed by atoms with Crippen molar-refractivity contribution < 1.29 is 0 Å². The maximum atomic E-state index is 4.78. The van der Waals surface area contributed by atoms with Gasteiger partial charge in [0.05, 0.1) is 11.1 Å². The molecule has 0 aliphatic carbocycles. The van der Waals surface area contributed by atoms with Crippen LogP contribution in [0.3, 0.4) is 0 Å². The second-order valence-corrected chi connectivity index (χ2v) is 7.01. The van der Waals surface area contributed by atoms with Gasteiger partial charge in [0, 0.05) is 25.8 Å². The second kappa shape index (κ2) is 6.99. The molecule has 0 aromatic carbocycles. The molecule has 4 rings (SSSR count). The van der Waals surface area contributed by atoms with Gasteiger partial charge in [-0.25, -0.2) is 9.97 Å². The highest BCUT2D eigenvalue weighted by Gasteiger charge is 2.21. The summed E-state index contributed by atoms with van der Waals surface area (Å²) in [7, 11) is 4.13. The molecule has 1 atom stereocenters. The zero-order valence-electron chi connectivity index (χ0n) is 15.6. The molecule has 0 bridgehead atoms. The second-order valence-electron chi connectivity index (χ2n) is 7.01. The third kappa shape index (κ3) is 3.14. The standard InChI is InChI=1S/C19H25N7/c1-13-16-18(21-11-9-14-7-6-12-25(14)2)22-17(15-8-4-5-10-20-15)23-19(16)26(3)24-13/h4-5,8,10,14H,6-7,9,11-12H2,1-3H3,(H,21,22,23)/t14-/m1/s1. The normalized spacial score (nSPS) is 17.9. The number of nitrogens with one attached hydrogen (secondary N) is 1. The van der Waals surface area contributed by atoms with Gasteiger partial charge in [0.25, 0.3) is 0 Å². The predicted octanol–water partition coefficient (Wildman–Crippen LogP) is 2.63. The van der Waals surface area contributed by atoms with Crippen molar-refractivity contribution in [3.8, 4) is 11.5 Å². The number of hydrogen-bond donors (Lipinski definition) is 1. The highest BCUT2D eigenvalue weighted by molar-refractivity contribution is 5.90. The van der Waals surface area contributed by atoms with Gasteiger partial charge >= 0.3 is 0 Å². The Morgan fingerprint density at radius 3 is 2.85 bits per heavy atom. The van der Waals surface area contributed by atoms with Gasteiger partial charge in [-0.1, -0.05) is 6.07 Å². The Morgan fingerprint density at radius 2 is 2.12 bits per heavy atom. The Kier molecular flexibility index (Phi) is 4.55. The molecule has 0 spiro atoms. The Bertz CT molecular complexity index is 903. The lowest BCUT2D eigenvalue weighted by Crippen LogP contribution is -2.27. The van der Waals surface area contributed by atoms with E-state index in [0.717, 1.165) is 41.2 Å². The first-order chi connectivity index (χ1) is 12.6. The summed E-state index contributed by atoms with van der Waals surface area (Å²) >= 11 is 0. The molecule has 1 N–H and O–H groups in total. The fraction of sp³-hybridized carbons (Fsp3) is 0.474. The summed E-state index contributed by atoms with van der Waals surface area (Å²) in [5.41, 5.74) is 2.54. The van der Waals surface area contributed by atoms with Crippen molar-refractivity contribution in [1.82, 2.24) is 29.6 Å². The monoisotopic (exact) mass is 351 g/mol. The number of fused-ring (bicyclic) bond motifs is 1. The fourth-order valence-electron chi connectivity index (χ4n) is 3.78. The minimum Gasteiger partial charge on any atom is -0.369 e.